The lowest BCUT2D eigenvalue weighted by Crippen LogP contribution is -2.41. The topological polar surface area (TPSA) is 72.9 Å². The number of halogens is 2. The second-order valence-corrected chi connectivity index (χ2v) is 8.14. The number of carbonyl (C=O) groups is 1. The summed E-state index contributed by atoms with van der Waals surface area (Å²) in [4.78, 5) is 14.3. The van der Waals surface area contributed by atoms with E-state index in [0.717, 1.165) is 20.6 Å². The number of nitrogens with zero attached hydrogens (tertiary/aromatic N) is 2. The SMILES string of the molecule is Cn1nccc1-c1sc(C(=O)N[C@H](CN)Cc2ccccc2Cl)cc1Br. The van der Waals surface area contributed by atoms with Crippen LogP contribution in [0.15, 0.2) is 47.1 Å². The molecule has 1 atom stereocenters. The predicted molar refractivity (Wildman–Crippen MR) is 110 cm³/mol. The lowest BCUT2D eigenvalue weighted by Gasteiger charge is -2.17. The molecule has 0 aliphatic carbocycles. The molecule has 0 spiro atoms. The third kappa shape index (κ3) is 4.17. The first kappa shape index (κ1) is 19.1. The van der Waals surface area contributed by atoms with Gasteiger partial charge in [0.25, 0.3) is 5.91 Å². The Morgan fingerprint density at radius 1 is 1.42 bits per heavy atom. The average Bonchev–Trinajstić information content (AvgIpc) is 3.21. The van der Waals surface area contributed by atoms with E-state index >= 15 is 0 Å². The first-order valence-electron chi connectivity index (χ1n) is 8.01. The summed E-state index contributed by atoms with van der Waals surface area (Å²) < 4.78 is 2.64. The van der Waals surface area contributed by atoms with E-state index in [4.69, 9.17) is 17.3 Å². The number of thiophene rings is 1. The molecule has 2 heterocycles. The van der Waals surface area contributed by atoms with Crippen molar-refractivity contribution in [1.82, 2.24) is 15.1 Å². The molecule has 1 amide bonds. The fourth-order valence-corrected chi connectivity index (χ4v) is 4.68. The number of benzene rings is 1. The van der Waals surface area contributed by atoms with E-state index < -0.39 is 0 Å². The molecule has 8 heteroatoms. The molecule has 0 radical (unpaired) electrons. The first-order valence-corrected chi connectivity index (χ1v) is 10.0. The van der Waals surface area contributed by atoms with Gasteiger partial charge in [-0.1, -0.05) is 29.8 Å². The highest BCUT2D eigenvalue weighted by atomic mass is 79.9. The fraction of sp³-hybridized carbons (Fsp3) is 0.222. The molecular weight excluding hydrogens is 436 g/mol. The molecule has 2 aromatic heterocycles. The Morgan fingerprint density at radius 2 is 2.19 bits per heavy atom. The molecule has 3 aromatic rings. The van der Waals surface area contributed by atoms with Crippen molar-refractivity contribution in [2.75, 3.05) is 6.54 Å². The Kier molecular flexibility index (Phi) is 6.13. The molecule has 0 saturated heterocycles. The van der Waals surface area contributed by atoms with Crippen LogP contribution in [-0.2, 0) is 13.5 Å². The zero-order chi connectivity index (χ0) is 18.7. The Bertz CT molecular complexity index is 924. The molecule has 0 fully saturated rings. The lowest BCUT2D eigenvalue weighted by molar-refractivity contribution is 0.0942. The van der Waals surface area contributed by atoms with E-state index in [1.807, 2.05) is 43.4 Å². The van der Waals surface area contributed by atoms with Gasteiger partial charge in [0.2, 0.25) is 0 Å². The van der Waals surface area contributed by atoms with Gasteiger partial charge in [-0.25, -0.2) is 0 Å². The van der Waals surface area contributed by atoms with Crippen LogP contribution in [0.5, 0.6) is 0 Å². The van der Waals surface area contributed by atoms with Crippen LogP contribution in [0.4, 0.5) is 0 Å². The third-order valence-corrected chi connectivity index (χ3v) is 6.42. The molecular formula is C18H18BrClN4OS. The molecule has 0 bridgehead atoms. The minimum absolute atomic E-state index is 0.147. The van der Waals surface area contributed by atoms with E-state index in [-0.39, 0.29) is 11.9 Å². The van der Waals surface area contributed by atoms with Gasteiger partial charge in [0.1, 0.15) is 0 Å². The summed E-state index contributed by atoms with van der Waals surface area (Å²) in [5, 5.41) is 7.86. The van der Waals surface area contributed by atoms with Crippen molar-refractivity contribution in [1.29, 1.82) is 0 Å². The monoisotopic (exact) mass is 452 g/mol. The van der Waals surface area contributed by atoms with Crippen molar-refractivity contribution in [3.8, 4) is 10.6 Å². The van der Waals surface area contributed by atoms with Gasteiger partial charge in [0.05, 0.1) is 15.4 Å². The second kappa shape index (κ2) is 8.35. The number of hydrogen-bond donors (Lipinski definition) is 2. The highest BCUT2D eigenvalue weighted by molar-refractivity contribution is 9.10. The standard InChI is InChI=1S/C18H18BrClN4OS/c1-24-15(6-7-22-24)17-13(19)9-16(26-17)18(25)23-12(10-21)8-11-4-2-3-5-14(11)20/h2-7,9,12H,8,10,21H2,1H3,(H,23,25)/t12-/m0/s1. The number of hydrogen-bond acceptors (Lipinski definition) is 4. The summed E-state index contributed by atoms with van der Waals surface area (Å²) in [7, 11) is 1.87. The molecule has 0 unspecified atom stereocenters. The van der Waals surface area contributed by atoms with Crippen LogP contribution in [0, 0.1) is 0 Å². The predicted octanol–water partition coefficient (Wildman–Crippen LogP) is 3.86. The number of amides is 1. The maximum atomic E-state index is 12.7. The van der Waals surface area contributed by atoms with Crippen molar-refractivity contribution in [2.45, 2.75) is 12.5 Å². The highest BCUT2D eigenvalue weighted by Crippen LogP contribution is 2.36. The van der Waals surface area contributed by atoms with Gasteiger partial charge >= 0.3 is 0 Å². The van der Waals surface area contributed by atoms with Crippen LogP contribution < -0.4 is 11.1 Å². The van der Waals surface area contributed by atoms with Crippen molar-refractivity contribution in [3.63, 3.8) is 0 Å². The number of aryl methyl sites for hydroxylation is 1. The van der Waals surface area contributed by atoms with Crippen LogP contribution in [0.25, 0.3) is 10.6 Å². The van der Waals surface area contributed by atoms with Crippen molar-refractivity contribution in [3.05, 3.63) is 62.5 Å². The fourth-order valence-electron chi connectivity index (χ4n) is 2.63. The molecule has 3 N–H and O–H groups in total. The minimum atomic E-state index is -0.191. The van der Waals surface area contributed by atoms with Gasteiger partial charge in [-0.3, -0.25) is 9.48 Å². The Labute approximate surface area is 169 Å². The molecule has 136 valence electrons. The van der Waals surface area contributed by atoms with Gasteiger partial charge in [0, 0.05) is 35.3 Å². The Hall–Kier alpha value is -1.67. The van der Waals surface area contributed by atoms with Gasteiger partial charge in [-0.2, -0.15) is 5.10 Å². The number of carbonyl (C=O) groups excluding carboxylic acids is 1. The molecule has 1 aromatic carbocycles. The molecule has 0 saturated carbocycles. The molecule has 0 aliphatic heterocycles. The Morgan fingerprint density at radius 3 is 2.85 bits per heavy atom. The van der Waals surface area contributed by atoms with Gasteiger partial charge < -0.3 is 11.1 Å². The van der Waals surface area contributed by atoms with E-state index in [1.54, 1.807) is 10.9 Å². The first-order chi connectivity index (χ1) is 12.5. The minimum Gasteiger partial charge on any atom is -0.347 e. The van der Waals surface area contributed by atoms with E-state index in [9.17, 15) is 4.79 Å². The zero-order valence-corrected chi connectivity index (χ0v) is 17.2. The summed E-state index contributed by atoms with van der Waals surface area (Å²) >= 11 is 11.2. The number of nitrogens with two attached hydrogens (primary N) is 1. The van der Waals surface area contributed by atoms with Crippen LogP contribution in [0.1, 0.15) is 15.2 Å². The molecule has 3 rings (SSSR count). The molecule has 5 nitrogen and oxygen atoms in total. The van der Waals surface area contributed by atoms with Crippen LogP contribution in [0.2, 0.25) is 5.02 Å². The lowest BCUT2D eigenvalue weighted by atomic mass is 10.1. The van der Waals surface area contributed by atoms with Crippen LogP contribution in [-0.4, -0.2) is 28.3 Å². The van der Waals surface area contributed by atoms with Gasteiger partial charge in [-0.05, 0) is 46.1 Å². The second-order valence-electron chi connectivity index (χ2n) is 5.83. The normalized spacial score (nSPS) is 12.2. The number of rotatable bonds is 6. The highest BCUT2D eigenvalue weighted by Gasteiger charge is 2.19. The maximum Gasteiger partial charge on any atom is 0.261 e. The molecule has 26 heavy (non-hydrogen) atoms. The van der Waals surface area contributed by atoms with E-state index in [2.05, 4.69) is 26.3 Å². The average molecular weight is 454 g/mol. The van der Waals surface area contributed by atoms with Gasteiger partial charge in [-0.15, -0.1) is 11.3 Å². The van der Waals surface area contributed by atoms with E-state index in [0.29, 0.717) is 22.9 Å². The number of aromatic nitrogens is 2. The largest absolute Gasteiger partial charge is 0.347 e. The van der Waals surface area contributed by atoms with Crippen LogP contribution >= 0.6 is 38.9 Å². The quantitative estimate of drug-likeness (QED) is 0.595. The molecule has 0 aliphatic rings. The summed E-state index contributed by atoms with van der Waals surface area (Å²) in [6.07, 6.45) is 2.32. The van der Waals surface area contributed by atoms with Crippen LogP contribution in [0.3, 0.4) is 0 Å². The van der Waals surface area contributed by atoms with Crippen molar-refractivity contribution in [2.24, 2.45) is 12.8 Å². The summed E-state index contributed by atoms with van der Waals surface area (Å²) in [5.41, 5.74) is 7.77. The van der Waals surface area contributed by atoms with E-state index in [1.165, 1.54) is 11.3 Å². The van der Waals surface area contributed by atoms with Crippen molar-refractivity contribution < 1.29 is 4.79 Å². The maximum absolute atomic E-state index is 12.7. The zero-order valence-electron chi connectivity index (χ0n) is 14.1. The van der Waals surface area contributed by atoms with Crippen molar-refractivity contribution >= 4 is 44.8 Å². The third-order valence-electron chi connectivity index (χ3n) is 4.01. The summed E-state index contributed by atoms with van der Waals surface area (Å²) in [5.74, 6) is -0.147. The Balaban J connectivity index is 1.75. The number of nitrogens with one attached hydrogen (secondary N) is 1. The van der Waals surface area contributed by atoms with Gasteiger partial charge in [0.15, 0.2) is 0 Å². The smallest absolute Gasteiger partial charge is 0.261 e. The summed E-state index contributed by atoms with van der Waals surface area (Å²) in [6.45, 7) is 0.331. The summed E-state index contributed by atoms with van der Waals surface area (Å²) in [6, 6.07) is 11.1.